The van der Waals surface area contributed by atoms with E-state index in [9.17, 15) is 9.59 Å². The second-order valence-electron chi connectivity index (χ2n) is 6.96. The Morgan fingerprint density at radius 1 is 1.32 bits per heavy atom. The summed E-state index contributed by atoms with van der Waals surface area (Å²) in [6.45, 7) is 3.05. The summed E-state index contributed by atoms with van der Waals surface area (Å²) in [5.41, 5.74) is 0.193. The van der Waals surface area contributed by atoms with E-state index in [1.54, 1.807) is 18.9 Å². The second-order valence-corrected chi connectivity index (χ2v) is 6.96. The highest BCUT2D eigenvalue weighted by molar-refractivity contribution is 5.81. The lowest BCUT2D eigenvalue weighted by Gasteiger charge is -2.41. The number of amides is 1. The Morgan fingerprint density at radius 3 is 2.89 bits per heavy atom. The molecule has 3 rings (SSSR count). The third kappa shape index (κ3) is 4.47. The predicted octanol–water partition coefficient (Wildman–Crippen LogP) is 1.10. The van der Waals surface area contributed by atoms with Gasteiger partial charge in [0.15, 0.2) is 0 Å². The van der Waals surface area contributed by atoms with Crippen molar-refractivity contribution in [2.75, 3.05) is 26.8 Å². The van der Waals surface area contributed by atoms with E-state index in [-0.39, 0.29) is 18.4 Å². The highest BCUT2D eigenvalue weighted by Gasteiger charge is 2.44. The van der Waals surface area contributed by atoms with Gasteiger partial charge in [0, 0.05) is 13.1 Å². The first-order chi connectivity index (χ1) is 13.6. The third-order valence-corrected chi connectivity index (χ3v) is 5.00. The Hall–Kier alpha value is -2.97. The maximum Gasteiger partial charge on any atom is 0.314 e. The largest absolute Gasteiger partial charge is 0.497 e. The van der Waals surface area contributed by atoms with Crippen molar-refractivity contribution < 1.29 is 19.1 Å². The molecule has 1 aromatic heterocycles. The monoisotopic (exact) mass is 387 g/mol. The number of likely N-dealkylation sites (tertiary alicyclic amines) is 1. The molecule has 1 saturated heterocycles. The zero-order valence-corrected chi connectivity index (χ0v) is 16.2. The molecule has 2 heterocycles. The molecule has 1 amide bonds. The van der Waals surface area contributed by atoms with Crippen LogP contribution in [0, 0.1) is 5.41 Å². The Balaban J connectivity index is 1.81. The molecule has 1 aliphatic rings. The van der Waals surface area contributed by atoms with Crippen LogP contribution in [-0.4, -0.2) is 63.8 Å². The first-order valence-corrected chi connectivity index (χ1v) is 9.35. The minimum absolute atomic E-state index is 0.0467. The fraction of sp³-hybridized carbons (Fsp3) is 0.526. The van der Waals surface area contributed by atoms with Crippen molar-refractivity contribution in [1.29, 1.82) is 0 Å². The summed E-state index contributed by atoms with van der Waals surface area (Å²) < 4.78 is 12.1. The Labute approximate surface area is 163 Å². The quantitative estimate of drug-likeness (QED) is 0.656. The van der Waals surface area contributed by atoms with Crippen LogP contribution in [0.1, 0.15) is 25.3 Å². The van der Waals surface area contributed by atoms with Crippen molar-refractivity contribution in [3.05, 3.63) is 36.2 Å². The number of tetrazole rings is 1. The summed E-state index contributed by atoms with van der Waals surface area (Å²) in [5, 5.41) is 10.8. The van der Waals surface area contributed by atoms with Gasteiger partial charge < -0.3 is 14.4 Å². The van der Waals surface area contributed by atoms with Crippen molar-refractivity contribution in [2.24, 2.45) is 5.41 Å². The molecular weight excluding hydrogens is 362 g/mol. The second kappa shape index (κ2) is 8.81. The Kier molecular flexibility index (Phi) is 6.23. The van der Waals surface area contributed by atoms with Gasteiger partial charge in [-0.2, -0.15) is 0 Å². The number of aromatic nitrogens is 4. The predicted molar refractivity (Wildman–Crippen MR) is 99.4 cm³/mol. The maximum atomic E-state index is 12.9. The topological polar surface area (TPSA) is 99.4 Å². The highest BCUT2D eigenvalue weighted by Crippen LogP contribution is 2.36. The average molecular weight is 387 g/mol. The van der Waals surface area contributed by atoms with Crippen molar-refractivity contribution in [3.8, 4) is 5.75 Å². The molecule has 2 aromatic rings. The molecule has 150 valence electrons. The molecule has 1 fully saturated rings. The normalized spacial score (nSPS) is 19.3. The van der Waals surface area contributed by atoms with E-state index in [2.05, 4.69) is 15.5 Å². The van der Waals surface area contributed by atoms with Crippen molar-refractivity contribution in [3.63, 3.8) is 0 Å². The van der Waals surface area contributed by atoms with E-state index in [4.69, 9.17) is 9.47 Å². The smallest absolute Gasteiger partial charge is 0.314 e. The number of hydrogen-bond acceptors (Lipinski definition) is 7. The first-order valence-electron chi connectivity index (χ1n) is 9.35. The minimum Gasteiger partial charge on any atom is -0.497 e. The molecule has 9 heteroatoms. The first kappa shape index (κ1) is 19.8. The number of carbonyl (C=O) groups excluding carboxylic acids is 2. The van der Waals surface area contributed by atoms with Gasteiger partial charge in [-0.1, -0.05) is 12.1 Å². The molecule has 0 unspecified atom stereocenters. The summed E-state index contributed by atoms with van der Waals surface area (Å²) in [5.74, 6) is 0.350. The van der Waals surface area contributed by atoms with E-state index in [0.717, 1.165) is 17.7 Å². The number of hydrogen-bond donors (Lipinski definition) is 0. The number of rotatable bonds is 7. The fourth-order valence-corrected chi connectivity index (χ4v) is 3.68. The van der Waals surface area contributed by atoms with E-state index >= 15 is 0 Å². The summed E-state index contributed by atoms with van der Waals surface area (Å²) in [7, 11) is 1.61. The minimum atomic E-state index is -0.781. The van der Waals surface area contributed by atoms with Gasteiger partial charge in [0.25, 0.3) is 0 Å². The lowest BCUT2D eigenvalue weighted by molar-refractivity contribution is -0.161. The summed E-state index contributed by atoms with van der Waals surface area (Å²) >= 11 is 0. The lowest BCUT2D eigenvalue weighted by atomic mass is 9.75. The lowest BCUT2D eigenvalue weighted by Crippen LogP contribution is -2.52. The number of ether oxygens (including phenoxy) is 2. The maximum absolute atomic E-state index is 12.9. The zero-order valence-electron chi connectivity index (χ0n) is 16.2. The van der Waals surface area contributed by atoms with E-state index in [0.29, 0.717) is 32.5 Å². The van der Waals surface area contributed by atoms with Crippen LogP contribution in [0.15, 0.2) is 30.6 Å². The molecule has 0 spiro atoms. The van der Waals surface area contributed by atoms with Gasteiger partial charge in [-0.15, -0.1) is 5.10 Å². The van der Waals surface area contributed by atoms with Crippen LogP contribution >= 0.6 is 0 Å². The highest BCUT2D eigenvalue weighted by atomic mass is 16.5. The number of benzene rings is 1. The van der Waals surface area contributed by atoms with Crippen LogP contribution in [0.4, 0.5) is 0 Å². The number of nitrogens with zero attached hydrogens (tertiary/aromatic N) is 5. The van der Waals surface area contributed by atoms with Crippen LogP contribution in [0.5, 0.6) is 5.75 Å². The number of esters is 1. The number of piperidine rings is 1. The molecule has 28 heavy (non-hydrogen) atoms. The van der Waals surface area contributed by atoms with Gasteiger partial charge in [0.1, 0.15) is 18.6 Å². The van der Waals surface area contributed by atoms with Gasteiger partial charge >= 0.3 is 5.97 Å². The zero-order chi connectivity index (χ0) is 20.0. The average Bonchev–Trinajstić information content (AvgIpc) is 3.21. The van der Waals surface area contributed by atoms with Gasteiger partial charge in [0.2, 0.25) is 5.91 Å². The Bertz CT molecular complexity index is 810. The number of methoxy groups -OCH3 is 1. The van der Waals surface area contributed by atoms with Gasteiger partial charge in [0.05, 0.1) is 19.1 Å². The van der Waals surface area contributed by atoms with Crippen molar-refractivity contribution in [2.45, 2.75) is 32.7 Å². The molecule has 0 bridgehead atoms. The standard InChI is InChI=1S/C19H25N5O4/c1-3-28-18(26)19(11-15-6-4-7-16(10-15)27-2)8-5-9-23(13-19)17(25)12-24-14-20-21-22-24/h4,6-7,10,14H,3,5,8-9,11-13H2,1-2H3/t19-/m0/s1. The summed E-state index contributed by atoms with van der Waals surface area (Å²) in [6.07, 6.45) is 3.27. The van der Waals surface area contributed by atoms with E-state index in [1.165, 1.54) is 11.0 Å². The van der Waals surface area contributed by atoms with Crippen molar-refractivity contribution in [1.82, 2.24) is 25.1 Å². The third-order valence-electron chi connectivity index (χ3n) is 5.00. The molecule has 0 saturated carbocycles. The molecule has 0 aliphatic carbocycles. The van der Waals surface area contributed by atoms with Gasteiger partial charge in [-0.25, -0.2) is 4.68 Å². The van der Waals surface area contributed by atoms with Crippen LogP contribution in [0.3, 0.4) is 0 Å². The van der Waals surface area contributed by atoms with E-state index in [1.807, 2.05) is 24.3 Å². The van der Waals surface area contributed by atoms with Crippen LogP contribution in [-0.2, 0) is 27.3 Å². The molecular formula is C19H25N5O4. The van der Waals surface area contributed by atoms with Gasteiger partial charge in [-0.3, -0.25) is 9.59 Å². The SMILES string of the molecule is CCOC(=O)[C@]1(Cc2cccc(OC)c2)CCCN(C(=O)Cn2cnnn2)C1. The molecule has 0 N–H and O–H groups in total. The van der Waals surface area contributed by atoms with Crippen LogP contribution < -0.4 is 4.74 Å². The summed E-state index contributed by atoms with van der Waals surface area (Å²) in [6, 6.07) is 7.65. The molecule has 1 aromatic carbocycles. The molecule has 9 nitrogen and oxygen atoms in total. The molecule has 1 atom stereocenters. The molecule has 1 aliphatic heterocycles. The Morgan fingerprint density at radius 2 is 2.18 bits per heavy atom. The number of carbonyl (C=O) groups is 2. The summed E-state index contributed by atoms with van der Waals surface area (Å²) in [4.78, 5) is 27.4. The fourth-order valence-electron chi connectivity index (χ4n) is 3.68. The molecule has 0 radical (unpaired) electrons. The van der Waals surface area contributed by atoms with Crippen LogP contribution in [0.25, 0.3) is 0 Å². The van der Waals surface area contributed by atoms with Crippen molar-refractivity contribution >= 4 is 11.9 Å². The van der Waals surface area contributed by atoms with E-state index < -0.39 is 5.41 Å². The van der Waals surface area contributed by atoms with Crippen LogP contribution in [0.2, 0.25) is 0 Å². The van der Waals surface area contributed by atoms with Gasteiger partial charge in [-0.05, 0) is 54.3 Å².